The second kappa shape index (κ2) is 36.5. The largest absolute Gasteiger partial charge is 0.472 e. The van der Waals surface area contributed by atoms with E-state index in [0.29, 0.717) is 19.3 Å². The van der Waals surface area contributed by atoms with Crippen molar-refractivity contribution in [1.29, 1.82) is 0 Å². The first-order chi connectivity index (χ1) is 29.7. The number of Topliss-reactive ketones (excluding diaryl/α,β-unsaturated/α-hetero) is 1. The first kappa shape index (κ1) is 58.3. The number of phosphoric acid groups is 1. The fourth-order valence-corrected chi connectivity index (χ4v) is 8.55. The lowest BCUT2D eigenvalue weighted by Gasteiger charge is -2.21. The molecular weight excluding hydrogens is 819 g/mol. The highest BCUT2D eigenvalue weighted by molar-refractivity contribution is 7.47. The van der Waals surface area contributed by atoms with Gasteiger partial charge in [-0.05, 0) is 31.6 Å². The summed E-state index contributed by atoms with van der Waals surface area (Å²) >= 11 is 0. The average Bonchev–Trinajstić information content (AvgIpc) is 3.49. The number of esters is 2. The molecule has 0 spiro atoms. The van der Waals surface area contributed by atoms with Gasteiger partial charge in [0.1, 0.15) is 18.5 Å². The topological polar surface area (TPSA) is 227 Å². The molecule has 364 valence electrons. The molecule has 1 aliphatic rings. The van der Waals surface area contributed by atoms with E-state index < -0.39 is 88.5 Å². The molecule has 15 heteroatoms. The highest BCUT2D eigenvalue weighted by Gasteiger charge is 2.41. The van der Waals surface area contributed by atoms with Crippen molar-refractivity contribution in [3.05, 3.63) is 12.2 Å². The number of rotatable bonds is 41. The van der Waals surface area contributed by atoms with Gasteiger partial charge in [0.05, 0.1) is 38.1 Å². The van der Waals surface area contributed by atoms with E-state index in [1.54, 1.807) is 12.2 Å². The monoisotopic (exact) mass is 907 g/mol. The minimum absolute atomic E-state index is 0.0478. The van der Waals surface area contributed by atoms with Crippen molar-refractivity contribution < 1.29 is 67.9 Å². The Hall–Kier alpha value is -1.74. The van der Waals surface area contributed by atoms with Crippen LogP contribution in [0.3, 0.4) is 0 Å². The quantitative estimate of drug-likeness (QED) is 0.0146. The van der Waals surface area contributed by atoms with Crippen LogP contribution in [0.2, 0.25) is 0 Å². The molecule has 6 N–H and O–H groups in total. The van der Waals surface area contributed by atoms with Crippen LogP contribution in [0.25, 0.3) is 0 Å². The summed E-state index contributed by atoms with van der Waals surface area (Å²) in [4.78, 5) is 48.2. The first-order valence-electron chi connectivity index (χ1n) is 24.2. The van der Waals surface area contributed by atoms with Crippen LogP contribution >= 0.6 is 7.82 Å². The number of carbonyl (C=O) groups excluding carboxylic acids is 3. The van der Waals surface area contributed by atoms with Crippen LogP contribution in [-0.2, 0) is 37.5 Å². The van der Waals surface area contributed by atoms with Gasteiger partial charge in [0, 0.05) is 43.9 Å². The van der Waals surface area contributed by atoms with E-state index in [1.165, 1.54) is 77.0 Å². The van der Waals surface area contributed by atoms with Crippen molar-refractivity contribution in [3.63, 3.8) is 0 Å². The minimum Gasteiger partial charge on any atom is -0.462 e. The van der Waals surface area contributed by atoms with E-state index in [0.717, 1.165) is 44.4 Å². The third-order valence-electron chi connectivity index (χ3n) is 11.6. The molecule has 0 aliphatic heterocycles. The zero-order valence-electron chi connectivity index (χ0n) is 38.6. The van der Waals surface area contributed by atoms with Crippen LogP contribution in [0.1, 0.15) is 194 Å². The van der Waals surface area contributed by atoms with Crippen molar-refractivity contribution in [2.75, 3.05) is 26.4 Å². The van der Waals surface area contributed by atoms with Crippen LogP contribution in [0.5, 0.6) is 0 Å². The van der Waals surface area contributed by atoms with Gasteiger partial charge in [-0.1, -0.05) is 148 Å². The molecule has 0 radical (unpaired) electrons. The van der Waals surface area contributed by atoms with Gasteiger partial charge in [-0.15, -0.1) is 0 Å². The summed E-state index contributed by atoms with van der Waals surface area (Å²) in [6, 6.07) is 0. The van der Waals surface area contributed by atoms with Gasteiger partial charge in [0.15, 0.2) is 6.10 Å². The highest BCUT2D eigenvalue weighted by Crippen LogP contribution is 2.43. The number of aliphatic hydroxyl groups excluding tert-OH is 5. The Morgan fingerprint density at radius 3 is 1.77 bits per heavy atom. The maximum Gasteiger partial charge on any atom is 0.472 e. The Morgan fingerprint density at radius 2 is 1.19 bits per heavy atom. The Kier molecular flexibility index (Phi) is 34.3. The number of phosphoric ester groups is 1. The fourth-order valence-electron chi connectivity index (χ4n) is 7.76. The lowest BCUT2D eigenvalue weighted by Crippen LogP contribution is -2.30. The van der Waals surface area contributed by atoms with Crippen LogP contribution in [0.15, 0.2) is 12.2 Å². The van der Waals surface area contributed by atoms with E-state index in [9.17, 15) is 44.3 Å². The molecule has 1 rings (SSSR count). The summed E-state index contributed by atoms with van der Waals surface area (Å²) in [6.45, 7) is 4.20. The standard InChI is InChI=1S/C47H87O14P/c1-4-5-19-25-38(49)29-30-42-43(45(53)32-44(42)52)31-39(50)26-22-23-28-47(55)61-41(36-60-62(56,57)59-34-40(51)33-48)35-58-46(54)27-21-18-16-14-12-10-8-6-7-9-11-13-15-17-20-24-37(2)3/h29-30,37-38,40-45,48-49,51-53H,4-28,31-36H2,1-3H3,(H,56,57)/b30-29+/t38-,40-,41+,42+,43+,44+,45-/m0/s1. The van der Waals surface area contributed by atoms with E-state index >= 15 is 0 Å². The highest BCUT2D eigenvalue weighted by atomic mass is 31.2. The molecular formula is C47H87O14P. The zero-order valence-corrected chi connectivity index (χ0v) is 39.5. The summed E-state index contributed by atoms with van der Waals surface area (Å²) < 4.78 is 32.7. The smallest absolute Gasteiger partial charge is 0.462 e. The molecule has 0 bridgehead atoms. The van der Waals surface area contributed by atoms with E-state index in [2.05, 4.69) is 25.3 Å². The van der Waals surface area contributed by atoms with Gasteiger partial charge < -0.3 is 39.9 Å². The molecule has 1 saturated carbocycles. The number of carbonyl (C=O) groups is 3. The van der Waals surface area contributed by atoms with Crippen LogP contribution < -0.4 is 0 Å². The molecule has 8 atom stereocenters. The van der Waals surface area contributed by atoms with Crippen molar-refractivity contribution >= 4 is 25.5 Å². The van der Waals surface area contributed by atoms with Gasteiger partial charge in [-0.25, -0.2) is 4.57 Å². The lowest BCUT2D eigenvalue weighted by molar-refractivity contribution is -0.161. The predicted molar refractivity (Wildman–Crippen MR) is 240 cm³/mol. The van der Waals surface area contributed by atoms with Crippen molar-refractivity contribution in [2.45, 2.75) is 225 Å². The number of aliphatic hydroxyl groups is 5. The van der Waals surface area contributed by atoms with Gasteiger partial charge >= 0.3 is 19.8 Å². The van der Waals surface area contributed by atoms with Gasteiger partial charge in [0.2, 0.25) is 0 Å². The summed E-state index contributed by atoms with van der Waals surface area (Å²) in [6.07, 6.45) is 22.3. The summed E-state index contributed by atoms with van der Waals surface area (Å²) in [5.74, 6) is -1.47. The number of unbranched alkanes of at least 4 members (excludes halogenated alkanes) is 17. The predicted octanol–water partition coefficient (Wildman–Crippen LogP) is 8.59. The van der Waals surface area contributed by atoms with Crippen molar-refractivity contribution in [1.82, 2.24) is 0 Å². The maximum atomic E-state index is 12.9. The van der Waals surface area contributed by atoms with E-state index in [-0.39, 0.29) is 44.3 Å². The molecule has 0 aromatic carbocycles. The first-order valence-corrected chi connectivity index (χ1v) is 25.7. The second-order valence-corrected chi connectivity index (χ2v) is 19.4. The van der Waals surface area contributed by atoms with Gasteiger partial charge in [0.25, 0.3) is 0 Å². The molecule has 0 amide bonds. The zero-order chi connectivity index (χ0) is 46.0. The molecule has 1 aliphatic carbocycles. The number of hydrogen-bond acceptors (Lipinski definition) is 13. The summed E-state index contributed by atoms with van der Waals surface area (Å²) in [5, 5.41) is 49.7. The van der Waals surface area contributed by atoms with E-state index in [1.807, 2.05) is 0 Å². The molecule has 1 unspecified atom stereocenters. The fraction of sp³-hybridized carbons (Fsp3) is 0.894. The number of hydrogen-bond donors (Lipinski definition) is 6. The third-order valence-corrected chi connectivity index (χ3v) is 12.5. The molecule has 62 heavy (non-hydrogen) atoms. The lowest BCUT2D eigenvalue weighted by atomic mass is 9.87. The molecule has 0 saturated heterocycles. The molecule has 0 aromatic heterocycles. The van der Waals surface area contributed by atoms with Gasteiger partial charge in [-0.2, -0.15) is 0 Å². The van der Waals surface area contributed by atoms with Gasteiger partial charge in [-0.3, -0.25) is 23.4 Å². The molecule has 1 fully saturated rings. The number of ketones is 1. The van der Waals surface area contributed by atoms with Crippen LogP contribution in [-0.4, -0.2) is 105 Å². The van der Waals surface area contributed by atoms with E-state index in [4.69, 9.17) is 19.1 Å². The normalized spacial score (nSPS) is 20.4. The molecule has 14 nitrogen and oxygen atoms in total. The second-order valence-electron chi connectivity index (χ2n) is 17.9. The minimum atomic E-state index is -4.72. The Bertz CT molecular complexity index is 1230. The van der Waals surface area contributed by atoms with Crippen molar-refractivity contribution in [3.8, 4) is 0 Å². The maximum absolute atomic E-state index is 12.9. The summed E-state index contributed by atoms with van der Waals surface area (Å²) in [7, 11) is -4.72. The Morgan fingerprint density at radius 1 is 0.677 bits per heavy atom. The van der Waals surface area contributed by atoms with Crippen molar-refractivity contribution in [2.24, 2.45) is 17.8 Å². The Balaban J connectivity index is 2.43. The SMILES string of the molecule is CCCCC[C@H](O)/C=C/[C@@H]1[C@@H](CC(=O)CCCCC(=O)O[C@H](COC(=O)CCCCCCCCCCCCCCCCCC(C)C)COP(=O)(O)OC[C@@H](O)CO)[C@@H](O)C[C@H]1O. The molecule has 0 aromatic rings. The summed E-state index contributed by atoms with van der Waals surface area (Å²) in [5.41, 5.74) is 0. The third kappa shape index (κ3) is 31.2. The van der Waals surface area contributed by atoms with Crippen LogP contribution in [0, 0.1) is 17.8 Å². The van der Waals surface area contributed by atoms with Crippen LogP contribution in [0.4, 0.5) is 0 Å². The Labute approximate surface area is 373 Å². The molecule has 0 heterocycles. The number of ether oxygens (including phenoxy) is 2. The average molecular weight is 907 g/mol.